The number of hydrogen-bond acceptors (Lipinski definition) is 6. The third-order valence-electron chi connectivity index (χ3n) is 4.90. The Balaban J connectivity index is 1.46. The van der Waals surface area contributed by atoms with Gasteiger partial charge in [0.1, 0.15) is 5.25 Å². The molecule has 2 aliphatic rings. The predicted molar refractivity (Wildman–Crippen MR) is 118 cm³/mol. The maximum atomic E-state index is 13.0. The summed E-state index contributed by atoms with van der Waals surface area (Å²) in [7, 11) is 3.09. The van der Waals surface area contributed by atoms with Crippen molar-refractivity contribution in [1.82, 2.24) is 4.90 Å². The van der Waals surface area contributed by atoms with Crippen LogP contribution in [0.25, 0.3) is 0 Å². The van der Waals surface area contributed by atoms with Gasteiger partial charge in [-0.1, -0.05) is 30.0 Å². The SMILES string of the molecule is COc1ccc(NC(=O)C[C@H]2SC(=Nc3ccccc3)N(C3CC3)C2=O)cc1OC. The molecule has 0 radical (unpaired) electrons. The van der Waals surface area contributed by atoms with Gasteiger partial charge in [-0.15, -0.1) is 0 Å². The molecule has 0 spiro atoms. The minimum absolute atomic E-state index is 0.0420. The lowest BCUT2D eigenvalue weighted by molar-refractivity contribution is -0.128. The number of carbonyl (C=O) groups excluding carboxylic acids is 2. The number of rotatable bonds is 7. The van der Waals surface area contributed by atoms with Crippen LogP contribution in [0.1, 0.15) is 19.3 Å². The summed E-state index contributed by atoms with van der Waals surface area (Å²) in [6.45, 7) is 0. The maximum absolute atomic E-state index is 13.0. The molecule has 4 rings (SSSR count). The van der Waals surface area contributed by atoms with Gasteiger partial charge in [-0.25, -0.2) is 4.99 Å². The van der Waals surface area contributed by atoms with E-state index in [0.717, 1.165) is 18.5 Å². The first kappa shape index (κ1) is 20.3. The third kappa shape index (κ3) is 4.43. The fourth-order valence-corrected chi connectivity index (χ4v) is 4.48. The van der Waals surface area contributed by atoms with Gasteiger partial charge < -0.3 is 14.8 Å². The summed E-state index contributed by atoms with van der Waals surface area (Å²) in [5.74, 6) is 0.835. The molecule has 2 fully saturated rings. The van der Waals surface area contributed by atoms with E-state index in [-0.39, 0.29) is 24.3 Å². The number of thioether (sulfide) groups is 1. The molecule has 2 amide bonds. The van der Waals surface area contributed by atoms with Crippen molar-refractivity contribution in [1.29, 1.82) is 0 Å². The molecule has 1 heterocycles. The molecule has 0 bridgehead atoms. The van der Waals surface area contributed by atoms with Gasteiger partial charge in [-0.05, 0) is 37.1 Å². The minimum Gasteiger partial charge on any atom is -0.493 e. The van der Waals surface area contributed by atoms with Crippen molar-refractivity contribution >= 4 is 40.1 Å². The predicted octanol–water partition coefficient (Wildman–Crippen LogP) is 3.83. The van der Waals surface area contributed by atoms with Gasteiger partial charge in [-0.3, -0.25) is 14.5 Å². The van der Waals surface area contributed by atoms with Gasteiger partial charge in [0.05, 0.1) is 19.9 Å². The van der Waals surface area contributed by atoms with Crippen molar-refractivity contribution < 1.29 is 19.1 Å². The fourth-order valence-electron chi connectivity index (χ4n) is 3.27. The number of aliphatic imine (C=N–C) groups is 1. The number of amidine groups is 1. The first-order chi connectivity index (χ1) is 14.6. The van der Waals surface area contributed by atoms with Gasteiger partial charge in [0.25, 0.3) is 0 Å². The van der Waals surface area contributed by atoms with Crippen molar-refractivity contribution in [3.05, 3.63) is 48.5 Å². The normalized spacial score (nSPS) is 19.8. The average Bonchev–Trinajstić information content (AvgIpc) is 3.54. The first-order valence-corrected chi connectivity index (χ1v) is 10.6. The Morgan fingerprint density at radius 3 is 2.53 bits per heavy atom. The monoisotopic (exact) mass is 425 g/mol. The highest BCUT2D eigenvalue weighted by Gasteiger charge is 2.46. The van der Waals surface area contributed by atoms with Crippen LogP contribution in [0.15, 0.2) is 53.5 Å². The van der Waals surface area contributed by atoms with Crippen LogP contribution in [0.3, 0.4) is 0 Å². The number of hydrogen-bond donors (Lipinski definition) is 1. The summed E-state index contributed by atoms with van der Waals surface area (Å²) in [6, 6.07) is 14.9. The number of nitrogens with zero attached hydrogens (tertiary/aromatic N) is 2. The van der Waals surface area contributed by atoms with E-state index in [1.807, 2.05) is 30.3 Å². The van der Waals surface area contributed by atoms with Crippen LogP contribution in [-0.2, 0) is 9.59 Å². The molecular weight excluding hydrogens is 402 g/mol. The average molecular weight is 426 g/mol. The molecule has 1 saturated heterocycles. The maximum Gasteiger partial charge on any atom is 0.242 e. The number of ether oxygens (including phenoxy) is 2. The van der Waals surface area contributed by atoms with Crippen LogP contribution in [0.2, 0.25) is 0 Å². The molecule has 7 nitrogen and oxygen atoms in total. The molecule has 156 valence electrons. The zero-order chi connectivity index (χ0) is 21.1. The fraction of sp³-hybridized carbons (Fsp3) is 0.318. The smallest absolute Gasteiger partial charge is 0.242 e. The molecule has 1 aliphatic carbocycles. The number of nitrogens with one attached hydrogen (secondary N) is 1. The van der Waals surface area contributed by atoms with E-state index in [2.05, 4.69) is 10.3 Å². The summed E-state index contributed by atoms with van der Waals surface area (Å²) < 4.78 is 10.5. The number of carbonyl (C=O) groups is 2. The molecule has 2 aromatic rings. The van der Waals surface area contributed by atoms with Crippen molar-refractivity contribution in [3.8, 4) is 11.5 Å². The van der Waals surface area contributed by atoms with E-state index >= 15 is 0 Å². The van der Waals surface area contributed by atoms with E-state index in [4.69, 9.17) is 9.47 Å². The third-order valence-corrected chi connectivity index (χ3v) is 6.05. The number of anilines is 1. The lowest BCUT2D eigenvalue weighted by Crippen LogP contribution is -2.35. The van der Waals surface area contributed by atoms with Crippen molar-refractivity contribution in [2.75, 3.05) is 19.5 Å². The molecule has 1 N–H and O–H groups in total. The zero-order valence-corrected chi connectivity index (χ0v) is 17.6. The Morgan fingerprint density at radius 2 is 1.87 bits per heavy atom. The Kier molecular flexibility index (Phi) is 5.94. The number of para-hydroxylation sites is 1. The Labute approximate surface area is 179 Å². The molecule has 1 aliphatic heterocycles. The summed E-state index contributed by atoms with van der Waals surface area (Å²) in [6.07, 6.45) is 2.03. The highest BCUT2D eigenvalue weighted by atomic mass is 32.2. The molecule has 30 heavy (non-hydrogen) atoms. The van der Waals surface area contributed by atoms with Crippen molar-refractivity contribution in [2.45, 2.75) is 30.6 Å². The van der Waals surface area contributed by atoms with Crippen LogP contribution >= 0.6 is 11.8 Å². The summed E-state index contributed by atoms with van der Waals surface area (Å²) in [5.41, 5.74) is 1.39. The van der Waals surface area contributed by atoms with E-state index in [1.54, 1.807) is 30.2 Å². The first-order valence-electron chi connectivity index (χ1n) is 9.74. The van der Waals surface area contributed by atoms with Gasteiger partial charge in [0, 0.05) is 24.2 Å². The second-order valence-electron chi connectivity index (χ2n) is 7.10. The lowest BCUT2D eigenvalue weighted by atomic mass is 10.2. The van der Waals surface area contributed by atoms with Crippen molar-refractivity contribution in [2.24, 2.45) is 4.99 Å². The highest BCUT2D eigenvalue weighted by Crippen LogP contribution is 2.39. The van der Waals surface area contributed by atoms with Crippen LogP contribution in [-0.4, -0.2) is 47.4 Å². The van der Waals surface area contributed by atoms with E-state index in [0.29, 0.717) is 22.4 Å². The second kappa shape index (κ2) is 8.79. The van der Waals surface area contributed by atoms with Gasteiger partial charge >= 0.3 is 0 Å². The topological polar surface area (TPSA) is 80.2 Å². The zero-order valence-electron chi connectivity index (χ0n) is 16.8. The number of benzene rings is 2. The molecule has 0 aromatic heterocycles. The molecule has 1 atom stereocenters. The standard InChI is InChI=1S/C22H23N3O4S/c1-28-17-11-8-15(12-18(17)29-2)23-20(26)13-19-21(27)25(16-9-10-16)22(30-19)24-14-6-4-3-5-7-14/h3-8,11-12,16,19H,9-10,13H2,1-2H3,(H,23,26)/t19-/m1/s1. The Morgan fingerprint density at radius 1 is 1.13 bits per heavy atom. The Hall–Kier alpha value is -3.00. The largest absolute Gasteiger partial charge is 0.493 e. The quantitative estimate of drug-likeness (QED) is 0.729. The highest BCUT2D eigenvalue weighted by molar-refractivity contribution is 8.15. The minimum atomic E-state index is -0.479. The van der Waals surface area contributed by atoms with Crippen LogP contribution in [0, 0.1) is 0 Å². The van der Waals surface area contributed by atoms with E-state index in [1.165, 1.54) is 18.9 Å². The van der Waals surface area contributed by atoms with Crippen molar-refractivity contribution in [3.63, 3.8) is 0 Å². The second-order valence-corrected chi connectivity index (χ2v) is 8.27. The lowest BCUT2D eigenvalue weighted by Gasteiger charge is -2.15. The van der Waals surface area contributed by atoms with E-state index < -0.39 is 5.25 Å². The number of methoxy groups -OCH3 is 2. The molecule has 2 aromatic carbocycles. The molecule has 1 saturated carbocycles. The Bertz CT molecular complexity index is 976. The molecular formula is C22H23N3O4S. The van der Waals surface area contributed by atoms with E-state index in [9.17, 15) is 9.59 Å². The van der Waals surface area contributed by atoms with Gasteiger partial charge in [-0.2, -0.15) is 0 Å². The van der Waals surface area contributed by atoms with Gasteiger partial charge in [0.15, 0.2) is 16.7 Å². The summed E-state index contributed by atoms with van der Waals surface area (Å²) in [4.78, 5) is 32.0. The van der Waals surface area contributed by atoms with Gasteiger partial charge in [0.2, 0.25) is 11.8 Å². The van der Waals surface area contributed by atoms with Crippen LogP contribution < -0.4 is 14.8 Å². The number of amides is 2. The summed E-state index contributed by atoms with van der Waals surface area (Å²) >= 11 is 1.36. The molecule has 8 heteroatoms. The van der Waals surface area contributed by atoms with Crippen LogP contribution in [0.4, 0.5) is 11.4 Å². The summed E-state index contributed by atoms with van der Waals surface area (Å²) in [5, 5.41) is 3.04. The molecule has 0 unspecified atom stereocenters. The van der Waals surface area contributed by atoms with Crippen LogP contribution in [0.5, 0.6) is 11.5 Å².